The predicted octanol–water partition coefficient (Wildman–Crippen LogP) is 4.75. The largest absolute Gasteiger partial charge is 0.444 e. The number of fused-ring (bicyclic) bond motifs is 2. The highest BCUT2D eigenvalue weighted by Gasteiger charge is 2.48. The predicted molar refractivity (Wildman–Crippen MR) is 96.8 cm³/mol. The zero-order valence-corrected chi connectivity index (χ0v) is 16.4. The summed E-state index contributed by atoms with van der Waals surface area (Å²) in [7, 11) is 0. The van der Waals surface area contributed by atoms with Crippen LogP contribution in [-0.4, -0.2) is 34.7 Å². The summed E-state index contributed by atoms with van der Waals surface area (Å²) in [5, 5.41) is 0.684. The van der Waals surface area contributed by atoms with Crippen molar-refractivity contribution >= 4 is 17.7 Å². The number of aromatic nitrogens is 1. The molecule has 2 aliphatic heterocycles. The van der Waals surface area contributed by atoms with E-state index < -0.39 is 11.2 Å². The van der Waals surface area contributed by atoms with Gasteiger partial charge in [-0.1, -0.05) is 18.5 Å². The lowest BCUT2D eigenvalue weighted by Crippen LogP contribution is -2.47. The third-order valence-corrected chi connectivity index (χ3v) is 5.30. The smallest absolute Gasteiger partial charge is 0.410 e. The van der Waals surface area contributed by atoms with Crippen LogP contribution >= 0.6 is 11.6 Å². The van der Waals surface area contributed by atoms with Crippen molar-refractivity contribution in [3.05, 3.63) is 28.0 Å². The summed E-state index contributed by atoms with van der Waals surface area (Å²) in [6.07, 6.45) is 2.10. The number of likely N-dealkylation sites (tertiary alicyclic amines) is 1. The van der Waals surface area contributed by atoms with Crippen molar-refractivity contribution in [1.29, 1.82) is 0 Å². The van der Waals surface area contributed by atoms with Crippen LogP contribution < -0.4 is 0 Å². The molecule has 2 aliphatic rings. The molecule has 0 bridgehead atoms. The Kier molecular flexibility index (Phi) is 4.75. The average Bonchev–Trinajstić information content (AvgIpc) is 2.80. The van der Waals surface area contributed by atoms with Crippen molar-refractivity contribution in [2.75, 3.05) is 13.1 Å². The van der Waals surface area contributed by atoms with Gasteiger partial charge in [0.15, 0.2) is 0 Å². The molecule has 1 amide bonds. The van der Waals surface area contributed by atoms with Gasteiger partial charge >= 0.3 is 6.09 Å². The molecule has 6 heteroatoms. The van der Waals surface area contributed by atoms with Gasteiger partial charge in [0.05, 0.1) is 22.5 Å². The van der Waals surface area contributed by atoms with Gasteiger partial charge in [0.2, 0.25) is 0 Å². The van der Waals surface area contributed by atoms with Crippen LogP contribution in [0.1, 0.15) is 70.0 Å². The SMILES string of the molecule is CCC1OC2(CCN(C(=O)OC(C)(C)C)CC2)c2nc(C)c(Cl)cc21. The summed E-state index contributed by atoms with van der Waals surface area (Å²) < 4.78 is 11.9. The monoisotopic (exact) mass is 366 g/mol. The van der Waals surface area contributed by atoms with E-state index in [0.717, 1.165) is 36.2 Å². The number of aryl methyl sites for hydroxylation is 1. The van der Waals surface area contributed by atoms with E-state index in [1.165, 1.54) is 0 Å². The van der Waals surface area contributed by atoms with Crippen LogP contribution in [-0.2, 0) is 15.1 Å². The van der Waals surface area contributed by atoms with Crippen LogP contribution in [0.2, 0.25) is 5.02 Å². The van der Waals surface area contributed by atoms with Gasteiger partial charge in [-0.25, -0.2) is 4.79 Å². The van der Waals surface area contributed by atoms with Gasteiger partial charge < -0.3 is 14.4 Å². The molecule has 0 N–H and O–H groups in total. The van der Waals surface area contributed by atoms with E-state index >= 15 is 0 Å². The fraction of sp³-hybridized carbons (Fsp3) is 0.684. The van der Waals surface area contributed by atoms with Gasteiger partial charge in [-0.05, 0) is 53.0 Å². The third kappa shape index (κ3) is 3.49. The molecule has 0 aromatic carbocycles. The number of rotatable bonds is 1. The van der Waals surface area contributed by atoms with Crippen LogP contribution in [0.5, 0.6) is 0 Å². The molecular formula is C19H27ClN2O3. The summed E-state index contributed by atoms with van der Waals surface area (Å²) in [6.45, 7) is 10.9. The third-order valence-electron chi connectivity index (χ3n) is 4.92. The van der Waals surface area contributed by atoms with Gasteiger partial charge in [0.25, 0.3) is 0 Å². The van der Waals surface area contributed by atoms with E-state index in [-0.39, 0.29) is 12.2 Å². The molecule has 0 aliphatic carbocycles. The van der Waals surface area contributed by atoms with Gasteiger partial charge in [0.1, 0.15) is 11.2 Å². The molecule has 138 valence electrons. The Morgan fingerprint density at radius 1 is 1.44 bits per heavy atom. The molecule has 0 radical (unpaired) electrons. The Morgan fingerprint density at radius 3 is 2.64 bits per heavy atom. The van der Waals surface area contributed by atoms with E-state index in [1.807, 2.05) is 33.8 Å². The van der Waals surface area contributed by atoms with Crippen LogP contribution in [0.4, 0.5) is 4.79 Å². The highest BCUT2D eigenvalue weighted by Crippen LogP contribution is 2.50. The molecule has 1 saturated heterocycles. The lowest BCUT2D eigenvalue weighted by atomic mass is 9.87. The topological polar surface area (TPSA) is 51.7 Å². The first-order valence-corrected chi connectivity index (χ1v) is 9.36. The van der Waals surface area contributed by atoms with Crippen LogP contribution in [0.15, 0.2) is 6.07 Å². The van der Waals surface area contributed by atoms with Gasteiger partial charge in [-0.15, -0.1) is 0 Å². The van der Waals surface area contributed by atoms with E-state index in [1.54, 1.807) is 4.90 Å². The molecule has 1 fully saturated rings. The van der Waals surface area contributed by atoms with Crippen LogP contribution in [0, 0.1) is 6.92 Å². The Morgan fingerprint density at radius 2 is 2.08 bits per heavy atom. The zero-order chi connectivity index (χ0) is 18.4. The van der Waals surface area contributed by atoms with E-state index in [0.29, 0.717) is 18.1 Å². The number of carbonyl (C=O) groups is 1. The molecule has 5 nitrogen and oxygen atoms in total. The fourth-order valence-electron chi connectivity index (χ4n) is 3.63. The number of hydrogen-bond donors (Lipinski definition) is 0. The maximum atomic E-state index is 12.3. The fourth-order valence-corrected chi connectivity index (χ4v) is 3.79. The standard InChI is InChI=1S/C19H27ClN2O3/c1-6-15-13-11-14(20)12(2)21-16(13)19(24-15)7-9-22(10-8-19)17(23)25-18(3,4)5/h11,15H,6-10H2,1-5H3. The van der Waals surface area contributed by atoms with Crippen molar-refractivity contribution < 1.29 is 14.3 Å². The number of piperidine rings is 1. The van der Waals surface area contributed by atoms with Gasteiger partial charge in [-0.3, -0.25) is 4.98 Å². The molecule has 3 rings (SSSR count). The highest BCUT2D eigenvalue weighted by atomic mass is 35.5. The molecule has 0 saturated carbocycles. The number of amides is 1. The van der Waals surface area contributed by atoms with Crippen molar-refractivity contribution in [3.63, 3.8) is 0 Å². The summed E-state index contributed by atoms with van der Waals surface area (Å²) in [5.74, 6) is 0. The zero-order valence-electron chi connectivity index (χ0n) is 15.7. The quantitative estimate of drug-likeness (QED) is 0.719. The van der Waals surface area contributed by atoms with Crippen molar-refractivity contribution in [3.8, 4) is 0 Å². The summed E-state index contributed by atoms with van der Waals surface area (Å²) in [6, 6.07) is 2.00. The Balaban J connectivity index is 1.80. The first kappa shape index (κ1) is 18.5. The molecule has 1 atom stereocenters. The first-order valence-electron chi connectivity index (χ1n) is 8.98. The minimum absolute atomic E-state index is 0.0219. The minimum atomic E-state index is -0.481. The van der Waals surface area contributed by atoms with Crippen molar-refractivity contribution in [2.45, 2.75) is 71.2 Å². The van der Waals surface area contributed by atoms with E-state index in [9.17, 15) is 4.79 Å². The Labute approximate surface area is 154 Å². The summed E-state index contributed by atoms with van der Waals surface area (Å²) in [5.41, 5.74) is 2.04. The number of carbonyl (C=O) groups excluding carboxylic acids is 1. The van der Waals surface area contributed by atoms with E-state index in [4.69, 9.17) is 26.1 Å². The maximum absolute atomic E-state index is 12.3. The lowest BCUT2D eigenvalue weighted by molar-refractivity contribution is -0.111. The second kappa shape index (κ2) is 6.44. The Hall–Kier alpha value is -1.33. The summed E-state index contributed by atoms with van der Waals surface area (Å²) in [4.78, 5) is 18.8. The molecule has 1 spiro atoms. The van der Waals surface area contributed by atoms with Gasteiger partial charge in [-0.2, -0.15) is 0 Å². The molecule has 1 aromatic heterocycles. The molecular weight excluding hydrogens is 340 g/mol. The van der Waals surface area contributed by atoms with Crippen LogP contribution in [0.25, 0.3) is 0 Å². The Bertz CT molecular complexity index is 676. The number of halogens is 1. The number of hydrogen-bond acceptors (Lipinski definition) is 4. The number of nitrogens with zero attached hydrogens (tertiary/aromatic N) is 2. The highest BCUT2D eigenvalue weighted by molar-refractivity contribution is 6.31. The number of pyridine rings is 1. The van der Waals surface area contributed by atoms with Crippen molar-refractivity contribution in [1.82, 2.24) is 9.88 Å². The normalized spacial score (nSPS) is 22.2. The van der Waals surface area contributed by atoms with Crippen LogP contribution in [0.3, 0.4) is 0 Å². The second-order valence-electron chi connectivity index (χ2n) is 7.97. The number of ether oxygens (including phenoxy) is 2. The van der Waals surface area contributed by atoms with Gasteiger partial charge in [0, 0.05) is 18.7 Å². The van der Waals surface area contributed by atoms with Crippen molar-refractivity contribution in [2.24, 2.45) is 0 Å². The second-order valence-corrected chi connectivity index (χ2v) is 8.38. The molecule has 25 heavy (non-hydrogen) atoms. The molecule has 3 heterocycles. The van der Waals surface area contributed by atoms with E-state index in [2.05, 4.69) is 6.92 Å². The molecule has 1 aromatic rings. The summed E-state index contributed by atoms with van der Waals surface area (Å²) >= 11 is 6.28. The maximum Gasteiger partial charge on any atom is 0.410 e. The minimum Gasteiger partial charge on any atom is -0.444 e. The average molecular weight is 367 g/mol. The first-order chi connectivity index (χ1) is 11.6. The molecule has 1 unspecified atom stereocenters. The lowest BCUT2D eigenvalue weighted by Gasteiger charge is -2.39.